The molecule has 0 spiro atoms. The van der Waals surface area contributed by atoms with Gasteiger partial charge in [0, 0.05) is 11.6 Å². The van der Waals surface area contributed by atoms with Crippen LogP contribution in [0.15, 0.2) is 24.3 Å². The number of thioether (sulfide) groups is 1. The molecule has 2 atom stereocenters. The van der Waals surface area contributed by atoms with Gasteiger partial charge in [0.2, 0.25) is 0 Å². The van der Waals surface area contributed by atoms with E-state index in [4.69, 9.17) is 4.74 Å². The average Bonchev–Trinajstić information content (AvgIpc) is 2.40. The number of para-hydroxylation sites is 1. The minimum Gasteiger partial charge on any atom is -0.496 e. The average molecular weight is 267 g/mol. The van der Waals surface area contributed by atoms with Gasteiger partial charge in [0.05, 0.1) is 7.11 Å². The highest BCUT2D eigenvalue weighted by molar-refractivity contribution is 7.98. The van der Waals surface area contributed by atoms with E-state index in [1.807, 2.05) is 23.9 Å². The quantitative estimate of drug-likeness (QED) is 0.775. The summed E-state index contributed by atoms with van der Waals surface area (Å²) in [5.41, 5.74) is 1.26. The van der Waals surface area contributed by atoms with Crippen LogP contribution in [0.25, 0.3) is 0 Å². The zero-order chi connectivity index (χ0) is 13.4. The lowest BCUT2D eigenvalue weighted by molar-refractivity contribution is 0.392. The van der Waals surface area contributed by atoms with Crippen LogP contribution in [0.2, 0.25) is 0 Å². The van der Waals surface area contributed by atoms with E-state index >= 15 is 0 Å². The third kappa shape index (κ3) is 4.54. The molecular formula is C15H25NOS. The maximum absolute atomic E-state index is 5.44. The zero-order valence-corrected chi connectivity index (χ0v) is 12.7. The van der Waals surface area contributed by atoms with Gasteiger partial charge in [-0.05, 0) is 37.0 Å². The van der Waals surface area contributed by atoms with Crippen LogP contribution in [-0.2, 0) is 0 Å². The monoisotopic (exact) mass is 267 g/mol. The molecule has 1 rings (SSSR count). The summed E-state index contributed by atoms with van der Waals surface area (Å²) >= 11 is 1.91. The SMILES string of the molecule is CCC(NCC(C)CSC)c1ccccc1OC. The number of hydrogen-bond acceptors (Lipinski definition) is 3. The van der Waals surface area contributed by atoms with Crippen molar-refractivity contribution in [1.29, 1.82) is 0 Å². The summed E-state index contributed by atoms with van der Waals surface area (Å²) in [4.78, 5) is 0. The largest absolute Gasteiger partial charge is 0.496 e. The van der Waals surface area contributed by atoms with E-state index in [2.05, 4.69) is 37.6 Å². The topological polar surface area (TPSA) is 21.3 Å². The molecule has 2 unspecified atom stereocenters. The Bertz CT molecular complexity index is 343. The molecule has 1 aromatic rings. The van der Waals surface area contributed by atoms with E-state index in [9.17, 15) is 0 Å². The summed E-state index contributed by atoms with van der Waals surface area (Å²) < 4.78 is 5.44. The molecule has 0 saturated heterocycles. The van der Waals surface area contributed by atoms with Crippen LogP contribution in [0, 0.1) is 5.92 Å². The van der Waals surface area contributed by atoms with Crippen molar-refractivity contribution in [1.82, 2.24) is 5.32 Å². The predicted octanol–water partition coefficient (Wildman–Crippen LogP) is 3.74. The molecule has 0 bridgehead atoms. The normalized spacial score (nSPS) is 14.2. The summed E-state index contributed by atoms with van der Waals surface area (Å²) in [7, 11) is 1.74. The zero-order valence-electron chi connectivity index (χ0n) is 11.9. The maximum atomic E-state index is 5.44. The van der Waals surface area contributed by atoms with E-state index in [1.54, 1.807) is 7.11 Å². The standard InChI is InChI=1S/C15H25NOS/c1-5-14(16-10-12(2)11-18-4)13-8-6-7-9-15(13)17-3/h6-9,12,14,16H,5,10-11H2,1-4H3. The van der Waals surface area contributed by atoms with Crippen molar-refractivity contribution in [2.45, 2.75) is 26.3 Å². The van der Waals surface area contributed by atoms with Crippen molar-refractivity contribution >= 4 is 11.8 Å². The number of rotatable bonds is 8. The van der Waals surface area contributed by atoms with E-state index < -0.39 is 0 Å². The van der Waals surface area contributed by atoms with Gasteiger partial charge in [-0.25, -0.2) is 0 Å². The van der Waals surface area contributed by atoms with E-state index in [1.165, 1.54) is 11.3 Å². The molecule has 2 nitrogen and oxygen atoms in total. The van der Waals surface area contributed by atoms with Crippen molar-refractivity contribution in [2.75, 3.05) is 25.7 Å². The van der Waals surface area contributed by atoms with Gasteiger partial charge in [-0.15, -0.1) is 0 Å². The van der Waals surface area contributed by atoms with Gasteiger partial charge in [0.1, 0.15) is 5.75 Å². The van der Waals surface area contributed by atoms with Crippen molar-refractivity contribution in [2.24, 2.45) is 5.92 Å². The summed E-state index contributed by atoms with van der Waals surface area (Å²) in [6, 6.07) is 8.66. The Hall–Kier alpha value is -0.670. The smallest absolute Gasteiger partial charge is 0.123 e. The lowest BCUT2D eigenvalue weighted by Gasteiger charge is -2.22. The van der Waals surface area contributed by atoms with Crippen LogP contribution in [0.1, 0.15) is 31.9 Å². The van der Waals surface area contributed by atoms with E-state index in [0.29, 0.717) is 12.0 Å². The van der Waals surface area contributed by atoms with Gasteiger partial charge in [0.25, 0.3) is 0 Å². The number of benzene rings is 1. The van der Waals surface area contributed by atoms with Crippen LogP contribution in [0.3, 0.4) is 0 Å². The van der Waals surface area contributed by atoms with Crippen molar-refractivity contribution < 1.29 is 4.74 Å². The number of hydrogen-bond donors (Lipinski definition) is 1. The molecule has 0 radical (unpaired) electrons. The highest BCUT2D eigenvalue weighted by Gasteiger charge is 2.14. The van der Waals surface area contributed by atoms with Crippen LogP contribution in [0.4, 0.5) is 0 Å². The first-order valence-electron chi connectivity index (χ1n) is 6.58. The van der Waals surface area contributed by atoms with Crippen LogP contribution in [0.5, 0.6) is 5.75 Å². The fraction of sp³-hybridized carbons (Fsp3) is 0.600. The molecule has 18 heavy (non-hydrogen) atoms. The fourth-order valence-corrected chi connectivity index (χ4v) is 2.80. The Morgan fingerprint density at radius 3 is 2.67 bits per heavy atom. The van der Waals surface area contributed by atoms with Gasteiger partial charge >= 0.3 is 0 Å². The van der Waals surface area contributed by atoms with E-state index in [-0.39, 0.29) is 0 Å². The highest BCUT2D eigenvalue weighted by atomic mass is 32.2. The van der Waals surface area contributed by atoms with Gasteiger partial charge in [0.15, 0.2) is 0 Å². The number of nitrogens with one attached hydrogen (secondary N) is 1. The Morgan fingerprint density at radius 1 is 1.33 bits per heavy atom. The summed E-state index contributed by atoms with van der Waals surface area (Å²) in [5.74, 6) is 2.88. The van der Waals surface area contributed by atoms with Crippen molar-refractivity contribution in [3.05, 3.63) is 29.8 Å². The Morgan fingerprint density at radius 2 is 2.06 bits per heavy atom. The van der Waals surface area contributed by atoms with Gasteiger partial charge in [-0.2, -0.15) is 11.8 Å². The second-order valence-corrected chi connectivity index (χ2v) is 5.58. The first kappa shape index (κ1) is 15.4. The first-order valence-corrected chi connectivity index (χ1v) is 7.97. The van der Waals surface area contributed by atoms with Crippen LogP contribution < -0.4 is 10.1 Å². The third-order valence-corrected chi connectivity index (χ3v) is 3.99. The molecule has 0 saturated carbocycles. The molecule has 0 aliphatic heterocycles. The molecule has 0 aliphatic rings. The number of methoxy groups -OCH3 is 1. The van der Waals surface area contributed by atoms with Crippen molar-refractivity contribution in [3.63, 3.8) is 0 Å². The first-order chi connectivity index (χ1) is 8.72. The molecule has 1 aromatic carbocycles. The summed E-state index contributed by atoms with van der Waals surface area (Å²) in [5, 5.41) is 3.65. The Labute approximate surface area is 116 Å². The fourth-order valence-electron chi connectivity index (χ4n) is 2.12. The second-order valence-electron chi connectivity index (χ2n) is 4.67. The minimum absolute atomic E-state index is 0.380. The second kappa shape index (κ2) is 8.44. The minimum atomic E-state index is 0.380. The molecular weight excluding hydrogens is 242 g/mol. The van der Waals surface area contributed by atoms with Crippen LogP contribution >= 0.6 is 11.8 Å². The maximum Gasteiger partial charge on any atom is 0.123 e. The van der Waals surface area contributed by atoms with E-state index in [0.717, 1.165) is 18.7 Å². The Kier molecular flexibility index (Phi) is 7.21. The van der Waals surface area contributed by atoms with Crippen molar-refractivity contribution in [3.8, 4) is 5.75 Å². The Balaban J connectivity index is 2.65. The lowest BCUT2D eigenvalue weighted by Crippen LogP contribution is -2.27. The van der Waals surface area contributed by atoms with Crippen LogP contribution in [-0.4, -0.2) is 25.7 Å². The van der Waals surface area contributed by atoms with Gasteiger partial charge < -0.3 is 10.1 Å². The molecule has 102 valence electrons. The molecule has 0 amide bonds. The third-order valence-electron chi connectivity index (χ3n) is 3.09. The predicted molar refractivity (Wildman–Crippen MR) is 81.6 cm³/mol. The summed E-state index contributed by atoms with van der Waals surface area (Å²) in [6.45, 7) is 5.55. The molecule has 1 N–H and O–H groups in total. The van der Waals surface area contributed by atoms with Gasteiger partial charge in [-0.3, -0.25) is 0 Å². The number of ether oxygens (including phenoxy) is 1. The molecule has 3 heteroatoms. The lowest BCUT2D eigenvalue weighted by atomic mass is 10.0. The molecule has 0 aromatic heterocycles. The van der Waals surface area contributed by atoms with Gasteiger partial charge in [-0.1, -0.05) is 32.0 Å². The molecule has 0 aliphatic carbocycles. The molecule has 0 fully saturated rings. The highest BCUT2D eigenvalue weighted by Crippen LogP contribution is 2.26. The molecule has 0 heterocycles. The summed E-state index contributed by atoms with van der Waals surface area (Å²) in [6.07, 6.45) is 3.24.